The molecule has 1 aromatic heterocycles. The second-order valence-electron chi connectivity index (χ2n) is 3.50. The SMILES string of the molecule is O=[S@](CC1CCNCC1)c1nccs1. The quantitative estimate of drug-likeness (QED) is 0.850. The third-order valence-corrected chi connectivity index (χ3v) is 5.13. The first-order valence-electron chi connectivity index (χ1n) is 4.85. The fourth-order valence-corrected chi connectivity index (χ4v) is 3.90. The van der Waals surface area contributed by atoms with E-state index in [0.717, 1.165) is 36.0 Å². The zero-order valence-corrected chi connectivity index (χ0v) is 9.57. The van der Waals surface area contributed by atoms with E-state index in [1.807, 2.05) is 5.38 Å². The van der Waals surface area contributed by atoms with Crippen LogP contribution < -0.4 is 5.32 Å². The Kier molecular flexibility index (Phi) is 3.67. The summed E-state index contributed by atoms with van der Waals surface area (Å²) in [5.74, 6) is 1.40. The van der Waals surface area contributed by atoms with Gasteiger partial charge in [0.05, 0.1) is 10.8 Å². The van der Waals surface area contributed by atoms with Gasteiger partial charge in [0.2, 0.25) is 0 Å². The van der Waals surface area contributed by atoms with E-state index in [4.69, 9.17) is 0 Å². The summed E-state index contributed by atoms with van der Waals surface area (Å²) in [6, 6.07) is 0. The fourth-order valence-electron chi connectivity index (χ4n) is 1.66. The molecule has 1 aromatic rings. The minimum Gasteiger partial charge on any atom is -0.317 e. The summed E-state index contributed by atoms with van der Waals surface area (Å²) in [4.78, 5) is 4.08. The van der Waals surface area contributed by atoms with Crippen molar-refractivity contribution in [2.45, 2.75) is 17.2 Å². The predicted molar refractivity (Wildman–Crippen MR) is 59.0 cm³/mol. The summed E-state index contributed by atoms with van der Waals surface area (Å²) < 4.78 is 12.6. The van der Waals surface area contributed by atoms with E-state index in [9.17, 15) is 4.21 Å². The van der Waals surface area contributed by atoms with Gasteiger partial charge in [-0.2, -0.15) is 0 Å². The molecule has 1 N–H and O–H groups in total. The largest absolute Gasteiger partial charge is 0.317 e. The highest BCUT2D eigenvalue weighted by Crippen LogP contribution is 2.18. The monoisotopic (exact) mass is 230 g/mol. The molecule has 0 aromatic carbocycles. The standard InChI is InChI=1S/C9H14N2OS2/c12-14(9-11-5-6-13-9)7-8-1-3-10-4-2-8/h5-6,8,10H,1-4,7H2/t14-/m1/s1. The maximum Gasteiger partial charge on any atom is 0.180 e. The van der Waals surface area contributed by atoms with Crippen LogP contribution in [0.25, 0.3) is 0 Å². The summed E-state index contributed by atoms with van der Waals surface area (Å²) in [5.41, 5.74) is 0. The summed E-state index contributed by atoms with van der Waals surface area (Å²) in [5, 5.41) is 5.20. The summed E-state index contributed by atoms with van der Waals surface area (Å²) in [6.07, 6.45) is 4.02. The smallest absolute Gasteiger partial charge is 0.180 e. The molecule has 2 heterocycles. The van der Waals surface area contributed by atoms with Crippen molar-refractivity contribution in [1.29, 1.82) is 0 Å². The van der Waals surface area contributed by atoms with Crippen LogP contribution >= 0.6 is 11.3 Å². The van der Waals surface area contributed by atoms with Gasteiger partial charge in [-0.3, -0.25) is 4.21 Å². The Labute approximate surface area is 90.4 Å². The first-order valence-corrected chi connectivity index (χ1v) is 7.04. The second-order valence-corrected chi connectivity index (χ2v) is 6.07. The summed E-state index contributed by atoms with van der Waals surface area (Å²) in [6.45, 7) is 2.14. The van der Waals surface area contributed by atoms with Crippen LogP contribution in [0.15, 0.2) is 15.9 Å². The Morgan fingerprint density at radius 1 is 1.57 bits per heavy atom. The van der Waals surface area contributed by atoms with E-state index in [-0.39, 0.29) is 0 Å². The van der Waals surface area contributed by atoms with Crippen LogP contribution in [-0.4, -0.2) is 28.0 Å². The van der Waals surface area contributed by atoms with Gasteiger partial charge in [0, 0.05) is 17.3 Å². The van der Waals surface area contributed by atoms with Crippen LogP contribution in [0, 0.1) is 5.92 Å². The van der Waals surface area contributed by atoms with Crippen LogP contribution in [0.1, 0.15) is 12.8 Å². The lowest BCUT2D eigenvalue weighted by molar-refractivity contribution is 0.405. The molecule has 0 aliphatic carbocycles. The molecule has 0 amide bonds. The molecule has 78 valence electrons. The Morgan fingerprint density at radius 3 is 3.00 bits per heavy atom. The van der Waals surface area contributed by atoms with Crippen LogP contribution in [0.5, 0.6) is 0 Å². The number of rotatable bonds is 3. The number of piperidine rings is 1. The molecule has 0 spiro atoms. The third kappa shape index (κ3) is 2.62. The minimum atomic E-state index is -0.870. The molecule has 0 unspecified atom stereocenters. The highest BCUT2D eigenvalue weighted by atomic mass is 32.2. The Hall–Kier alpha value is -0.260. The van der Waals surface area contributed by atoms with Gasteiger partial charge in [-0.05, 0) is 31.8 Å². The van der Waals surface area contributed by atoms with E-state index in [2.05, 4.69) is 10.3 Å². The maximum atomic E-state index is 11.8. The number of hydrogen-bond donors (Lipinski definition) is 1. The van der Waals surface area contributed by atoms with Gasteiger partial charge in [0.25, 0.3) is 0 Å². The van der Waals surface area contributed by atoms with Gasteiger partial charge in [-0.1, -0.05) is 0 Å². The molecule has 1 aliphatic heterocycles. The van der Waals surface area contributed by atoms with Gasteiger partial charge in [0.15, 0.2) is 4.34 Å². The van der Waals surface area contributed by atoms with Gasteiger partial charge in [0.1, 0.15) is 0 Å². The van der Waals surface area contributed by atoms with Crippen LogP contribution in [0.2, 0.25) is 0 Å². The third-order valence-electron chi connectivity index (χ3n) is 2.45. The van der Waals surface area contributed by atoms with E-state index in [0.29, 0.717) is 5.92 Å². The zero-order chi connectivity index (χ0) is 9.80. The average Bonchev–Trinajstić information content (AvgIpc) is 2.72. The van der Waals surface area contributed by atoms with Gasteiger partial charge >= 0.3 is 0 Å². The highest BCUT2D eigenvalue weighted by Gasteiger charge is 2.17. The van der Waals surface area contributed by atoms with E-state index < -0.39 is 10.8 Å². The van der Waals surface area contributed by atoms with E-state index in [1.54, 1.807) is 6.20 Å². The number of nitrogens with one attached hydrogen (secondary N) is 1. The van der Waals surface area contributed by atoms with Crippen molar-refractivity contribution in [3.8, 4) is 0 Å². The van der Waals surface area contributed by atoms with Crippen molar-refractivity contribution in [2.24, 2.45) is 5.92 Å². The Bertz CT molecular complexity index is 294. The van der Waals surface area contributed by atoms with Crippen molar-refractivity contribution >= 4 is 22.1 Å². The first kappa shape index (κ1) is 10.3. The average molecular weight is 230 g/mol. The lowest BCUT2D eigenvalue weighted by Gasteiger charge is -2.21. The van der Waals surface area contributed by atoms with Gasteiger partial charge < -0.3 is 5.32 Å². The summed E-state index contributed by atoms with van der Waals surface area (Å²) >= 11 is 1.49. The van der Waals surface area contributed by atoms with Gasteiger partial charge in [-0.25, -0.2) is 4.98 Å². The molecule has 1 aliphatic rings. The normalized spacial score (nSPS) is 20.9. The first-order chi connectivity index (χ1) is 6.86. The predicted octanol–water partition coefficient (Wildman–Crippen LogP) is 1.25. The van der Waals surface area contributed by atoms with Crippen molar-refractivity contribution in [2.75, 3.05) is 18.8 Å². The fraction of sp³-hybridized carbons (Fsp3) is 0.667. The molecular weight excluding hydrogens is 216 g/mol. The van der Waals surface area contributed by atoms with Crippen molar-refractivity contribution in [3.05, 3.63) is 11.6 Å². The molecule has 1 saturated heterocycles. The molecular formula is C9H14N2OS2. The molecule has 0 bridgehead atoms. The van der Waals surface area contributed by atoms with Crippen molar-refractivity contribution in [1.82, 2.24) is 10.3 Å². The van der Waals surface area contributed by atoms with Crippen LogP contribution in [-0.2, 0) is 10.8 Å². The molecule has 2 rings (SSSR count). The van der Waals surface area contributed by atoms with Crippen LogP contribution in [0.3, 0.4) is 0 Å². The van der Waals surface area contributed by atoms with Crippen molar-refractivity contribution < 1.29 is 4.21 Å². The van der Waals surface area contributed by atoms with Crippen LogP contribution in [0.4, 0.5) is 0 Å². The highest BCUT2D eigenvalue weighted by molar-refractivity contribution is 7.87. The maximum absolute atomic E-state index is 11.8. The Balaban J connectivity index is 1.87. The minimum absolute atomic E-state index is 0.612. The molecule has 5 heteroatoms. The van der Waals surface area contributed by atoms with E-state index >= 15 is 0 Å². The molecule has 1 atom stereocenters. The molecule has 1 fully saturated rings. The summed E-state index contributed by atoms with van der Waals surface area (Å²) in [7, 11) is -0.870. The molecule has 14 heavy (non-hydrogen) atoms. The number of thiazole rings is 1. The number of nitrogens with zero attached hydrogens (tertiary/aromatic N) is 1. The lowest BCUT2D eigenvalue weighted by Crippen LogP contribution is -2.30. The van der Waals surface area contributed by atoms with E-state index in [1.165, 1.54) is 11.3 Å². The number of aromatic nitrogens is 1. The van der Waals surface area contributed by atoms with Gasteiger partial charge in [-0.15, -0.1) is 11.3 Å². The van der Waals surface area contributed by atoms with Crippen molar-refractivity contribution in [3.63, 3.8) is 0 Å². The zero-order valence-electron chi connectivity index (χ0n) is 7.94. The molecule has 0 radical (unpaired) electrons. The second kappa shape index (κ2) is 5.00. The number of hydrogen-bond acceptors (Lipinski definition) is 4. The topological polar surface area (TPSA) is 42.0 Å². The molecule has 3 nitrogen and oxygen atoms in total. The lowest BCUT2D eigenvalue weighted by atomic mass is 10.0. The molecule has 0 saturated carbocycles. The Morgan fingerprint density at radius 2 is 2.36 bits per heavy atom.